The normalized spacial score (nSPS) is 9.58. The van der Waals surface area contributed by atoms with Crippen molar-refractivity contribution in [1.29, 1.82) is 5.26 Å². The second kappa shape index (κ2) is 19.7. The van der Waals surface area contributed by atoms with Gasteiger partial charge in [0.15, 0.2) is 5.01 Å². The Hall–Kier alpha value is -0.940. The molecule has 1 unspecified atom stereocenters. The van der Waals surface area contributed by atoms with Gasteiger partial charge in [-0.15, -0.1) is 11.3 Å². The van der Waals surface area contributed by atoms with Crippen molar-refractivity contribution >= 4 is 34.8 Å². The number of nitrogens with two attached hydrogens (primary N) is 1. The van der Waals surface area contributed by atoms with Crippen LogP contribution in [0.5, 0.6) is 0 Å². The van der Waals surface area contributed by atoms with Gasteiger partial charge in [0, 0.05) is 24.1 Å². The van der Waals surface area contributed by atoms with Crippen molar-refractivity contribution in [2.24, 2.45) is 5.73 Å². The molecule has 31 heavy (non-hydrogen) atoms. The van der Waals surface area contributed by atoms with Gasteiger partial charge in [-0.25, -0.2) is 4.98 Å². The number of nitrogens with zero attached hydrogens (tertiary/aromatic N) is 3. The number of thiazole rings is 1. The van der Waals surface area contributed by atoms with Gasteiger partial charge in [-0.05, 0) is 6.07 Å². The van der Waals surface area contributed by atoms with Gasteiger partial charge in [0.25, 0.3) is 0 Å². The van der Waals surface area contributed by atoms with Gasteiger partial charge < -0.3 is 30.0 Å². The number of benzene rings is 1. The number of ether oxygens (including phenoxy) is 1. The Morgan fingerprint density at radius 1 is 1.29 bits per heavy atom. The largest absolute Gasteiger partial charge is 1.00 e. The molecule has 3 aromatic rings. The second-order valence-corrected chi connectivity index (χ2v) is 5.82. The molecular weight excluding hydrogens is 442 g/mol. The third kappa shape index (κ3) is 9.21. The van der Waals surface area contributed by atoms with Crippen LogP contribution >= 0.6 is 11.3 Å². The fraction of sp³-hybridized carbons (Fsp3) is 0.263. The van der Waals surface area contributed by atoms with Crippen LogP contribution in [-0.4, -0.2) is 43.5 Å². The maximum absolute atomic E-state index is 12.8. The Kier molecular flexibility index (Phi) is 22.1. The molecule has 0 fully saturated rings. The summed E-state index contributed by atoms with van der Waals surface area (Å²) in [6.45, 7) is 2.36. The van der Waals surface area contributed by atoms with Crippen molar-refractivity contribution in [2.75, 3.05) is 21.3 Å². The van der Waals surface area contributed by atoms with E-state index in [4.69, 9.17) is 30.7 Å². The molecule has 0 aliphatic rings. The molecule has 12 heteroatoms. The number of hydrogen-bond acceptors (Lipinski definition) is 9. The van der Waals surface area contributed by atoms with E-state index in [0.29, 0.717) is 23.0 Å². The molecule has 2 aromatic heterocycles. The van der Waals surface area contributed by atoms with Crippen molar-refractivity contribution in [3.63, 3.8) is 0 Å². The second-order valence-electron chi connectivity index (χ2n) is 4.96. The predicted molar refractivity (Wildman–Crippen MR) is 106 cm³/mol. The van der Waals surface area contributed by atoms with E-state index in [-0.39, 0.29) is 64.9 Å². The summed E-state index contributed by atoms with van der Waals surface area (Å²) >= 11 is 1.20. The van der Waals surface area contributed by atoms with Crippen molar-refractivity contribution in [3.8, 4) is 6.07 Å². The Morgan fingerprint density at radius 3 is 2.42 bits per heavy atom. The Labute approximate surface area is 229 Å². The van der Waals surface area contributed by atoms with Gasteiger partial charge in [-0.2, -0.15) is 19.5 Å². The monoisotopic (exact) mass is 464 g/mol. The maximum atomic E-state index is 12.8. The number of para-hydroxylation sites is 1. The number of nitriles is 1. The van der Waals surface area contributed by atoms with Crippen LogP contribution in [0.3, 0.4) is 0 Å². The molecule has 0 radical (unpaired) electrons. The molecule has 0 amide bonds. The first kappa shape index (κ1) is 34.7. The van der Waals surface area contributed by atoms with Crippen LogP contribution in [0.2, 0.25) is 0 Å². The number of ketones is 1. The Balaban J connectivity index is -0.000000904. The Bertz CT molecular complexity index is 943. The average Bonchev–Trinajstić information content (AvgIpc) is 3.43. The summed E-state index contributed by atoms with van der Waals surface area (Å²) in [6.07, 6.45) is 1.77. The zero-order valence-electron chi connectivity index (χ0n) is 18.3. The quantitative estimate of drug-likeness (QED) is 0.289. The number of aromatic nitrogens is 2. The SMILES string of the molecule is C=O.COCn1cc(C(=O)c2nc(C(N)C#N)cs2)c2ccccc21.C[O-].C[O-].[Na+].[Na+]. The molecule has 0 aliphatic heterocycles. The predicted octanol–water partition coefficient (Wildman–Crippen LogP) is -5.77. The molecule has 0 saturated carbocycles. The summed E-state index contributed by atoms with van der Waals surface area (Å²) in [5.41, 5.74) is 7.53. The van der Waals surface area contributed by atoms with Gasteiger partial charge in [0.2, 0.25) is 5.78 Å². The maximum Gasteiger partial charge on any atom is 1.00 e. The van der Waals surface area contributed by atoms with Gasteiger partial charge >= 0.3 is 59.1 Å². The molecule has 0 spiro atoms. The van der Waals surface area contributed by atoms with Crippen LogP contribution in [0.4, 0.5) is 0 Å². The van der Waals surface area contributed by atoms with Crippen LogP contribution < -0.4 is 75.1 Å². The van der Waals surface area contributed by atoms with E-state index in [1.54, 1.807) is 18.7 Å². The molecule has 1 atom stereocenters. The molecule has 3 rings (SSSR count). The van der Waals surface area contributed by atoms with Gasteiger partial charge in [0.05, 0.1) is 22.8 Å². The summed E-state index contributed by atoms with van der Waals surface area (Å²) in [4.78, 5) is 25.0. The van der Waals surface area contributed by atoms with E-state index in [1.807, 2.05) is 41.7 Å². The number of carbonyl (C=O) groups is 2. The first-order chi connectivity index (χ1) is 14.2. The van der Waals surface area contributed by atoms with Crippen LogP contribution in [0.25, 0.3) is 10.9 Å². The number of hydrogen-bond donors (Lipinski definition) is 1. The van der Waals surface area contributed by atoms with E-state index >= 15 is 0 Å². The molecule has 9 nitrogen and oxygen atoms in total. The molecule has 0 aliphatic carbocycles. The van der Waals surface area contributed by atoms with Crippen LogP contribution in [-0.2, 0) is 16.3 Å². The fourth-order valence-corrected chi connectivity index (χ4v) is 3.20. The first-order valence-corrected chi connectivity index (χ1v) is 8.86. The minimum Gasteiger partial charge on any atom is -0.857 e. The topological polar surface area (TPSA) is 157 Å². The van der Waals surface area contributed by atoms with E-state index in [0.717, 1.165) is 25.1 Å². The molecule has 2 N–H and O–H groups in total. The minimum atomic E-state index is -0.817. The van der Waals surface area contributed by atoms with Crippen LogP contribution in [0.1, 0.15) is 27.1 Å². The molecule has 0 bridgehead atoms. The van der Waals surface area contributed by atoms with Crippen LogP contribution in [0.15, 0.2) is 35.8 Å². The van der Waals surface area contributed by atoms with Crippen molar-refractivity contribution in [2.45, 2.75) is 12.8 Å². The average molecular weight is 464 g/mol. The van der Waals surface area contributed by atoms with E-state index in [1.165, 1.54) is 11.3 Å². The number of methoxy groups -OCH3 is 1. The number of fused-ring (bicyclic) bond motifs is 1. The Morgan fingerprint density at radius 2 is 1.87 bits per heavy atom. The van der Waals surface area contributed by atoms with Crippen LogP contribution in [0, 0.1) is 11.3 Å². The van der Waals surface area contributed by atoms with Gasteiger partial charge in [0.1, 0.15) is 19.6 Å². The third-order valence-electron chi connectivity index (χ3n) is 3.48. The summed E-state index contributed by atoms with van der Waals surface area (Å²) in [6, 6.07) is 8.72. The smallest absolute Gasteiger partial charge is 0.857 e. The van der Waals surface area contributed by atoms with E-state index < -0.39 is 6.04 Å². The molecule has 0 saturated heterocycles. The molecule has 156 valence electrons. The van der Waals surface area contributed by atoms with Gasteiger partial charge in [-0.3, -0.25) is 4.79 Å². The molecule has 1 aromatic carbocycles. The molecular formula is C19H22N4Na2O5S. The summed E-state index contributed by atoms with van der Waals surface area (Å²) in [5, 5.41) is 28.2. The van der Waals surface area contributed by atoms with E-state index in [9.17, 15) is 4.79 Å². The zero-order chi connectivity index (χ0) is 22.4. The number of rotatable bonds is 5. The van der Waals surface area contributed by atoms with Gasteiger partial charge in [-0.1, -0.05) is 18.2 Å². The minimum absolute atomic E-state index is 0. The third-order valence-corrected chi connectivity index (χ3v) is 4.33. The summed E-state index contributed by atoms with van der Waals surface area (Å²) in [7, 11) is 3.10. The zero-order valence-corrected chi connectivity index (χ0v) is 23.1. The standard InChI is InChI=1S/C16H14N4O2S.2CH3O.CH2O.2Na/c1-22-9-20-7-11(10-4-2-3-5-14(10)20)15(21)16-19-13(8-23-16)12(18)6-17;3*1-2;;/h2-5,7-8,12H,9,18H2,1H3;2*1H3;1H2;;/q;2*-1;;2*+1. The first-order valence-electron chi connectivity index (χ1n) is 7.98. The number of carbonyl (C=O) groups excluding carboxylic acids is 2. The van der Waals surface area contributed by atoms with Crippen molar-refractivity contribution < 1.29 is 83.7 Å². The van der Waals surface area contributed by atoms with Crippen molar-refractivity contribution in [3.05, 3.63) is 52.1 Å². The fourth-order valence-electron chi connectivity index (χ4n) is 2.39. The van der Waals surface area contributed by atoms with Crippen molar-refractivity contribution in [1.82, 2.24) is 9.55 Å². The van der Waals surface area contributed by atoms with E-state index in [2.05, 4.69) is 4.98 Å². The summed E-state index contributed by atoms with van der Waals surface area (Å²) in [5.74, 6) is -0.183. The summed E-state index contributed by atoms with van der Waals surface area (Å²) < 4.78 is 7.04. The molecule has 2 heterocycles.